The van der Waals surface area contributed by atoms with Crippen LogP contribution in [-0.4, -0.2) is 29.7 Å². The lowest BCUT2D eigenvalue weighted by atomic mass is 9.93. The number of carbonyl (C=O) groups is 2. The molecule has 2 amide bonds. The van der Waals surface area contributed by atoms with Gasteiger partial charge in [-0.1, -0.05) is 33.6 Å². The van der Waals surface area contributed by atoms with Crippen LogP contribution in [0.15, 0.2) is 0 Å². The number of carbonyl (C=O) groups excluding carboxylic acids is 1. The predicted octanol–water partition coefficient (Wildman–Crippen LogP) is 2.61. The van der Waals surface area contributed by atoms with Crippen molar-refractivity contribution in [3.05, 3.63) is 0 Å². The van der Waals surface area contributed by atoms with Crippen molar-refractivity contribution in [2.75, 3.05) is 6.54 Å². The minimum absolute atomic E-state index is 0.202. The molecule has 1 saturated carbocycles. The fourth-order valence-corrected chi connectivity index (χ4v) is 3.12. The lowest BCUT2D eigenvalue weighted by Gasteiger charge is -2.21. The largest absolute Gasteiger partial charge is 0.481 e. The van der Waals surface area contributed by atoms with Gasteiger partial charge in [-0.15, -0.1) is 0 Å². The van der Waals surface area contributed by atoms with Crippen molar-refractivity contribution >= 4 is 12.0 Å². The van der Waals surface area contributed by atoms with E-state index >= 15 is 0 Å². The highest BCUT2D eigenvalue weighted by Crippen LogP contribution is 2.33. The third kappa shape index (κ3) is 4.69. The first-order valence-electron chi connectivity index (χ1n) is 7.76. The van der Waals surface area contributed by atoms with Gasteiger partial charge in [-0.2, -0.15) is 0 Å². The zero-order valence-electron chi connectivity index (χ0n) is 12.8. The fourth-order valence-electron chi connectivity index (χ4n) is 3.12. The molecule has 4 atom stereocenters. The molecule has 1 aliphatic rings. The molecule has 1 fully saturated rings. The molecule has 0 heterocycles. The SMILES string of the molecule is CCCC(CNC(=O)NC1CCC(CC)C1C)C(=O)O. The van der Waals surface area contributed by atoms with E-state index in [-0.39, 0.29) is 18.6 Å². The Labute approximate surface area is 121 Å². The van der Waals surface area contributed by atoms with E-state index in [9.17, 15) is 9.59 Å². The van der Waals surface area contributed by atoms with Gasteiger partial charge in [-0.25, -0.2) is 4.79 Å². The average molecular weight is 284 g/mol. The molecular weight excluding hydrogens is 256 g/mol. The molecule has 0 spiro atoms. The van der Waals surface area contributed by atoms with Crippen LogP contribution >= 0.6 is 0 Å². The van der Waals surface area contributed by atoms with E-state index in [1.165, 1.54) is 0 Å². The Balaban J connectivity index is 2.35. The molecule has 0 aromatic rings. The van der Waals surface area contributed by atoms with Crippen molar-refractivity contribution in [1.82, 2.24) is 10.6 Å². The van der Waals surface area contributed by atoms with Crippen LogP contribution in [0.5, 0.6) is 0 Å². The molecule has 0 aromatic carbocycles. The van der Waals surface area contributed by atoms with Crippen LogP contribution in [-0.2, 0) is 4.79 Å². The molecule has 3 N–H and O–H groups in total. The predicted molar refractivity (Wildman–Crippen MR) is 78.5 cm³/mol. The normalized spacial score (nSPS) is 27.1. The highest BCUT2D eigenvalue weighted by atomic mass is 16.4. The number of aliphatic carboxylic acids is 1. The quantitative estimate of drug-likeness (QED) is 0.672. The van der Waals surface area contributed by atoms with Crippen molar-refractivity contribution in [2.24, 2.45) is 17.8 Å². The number of rotatable bonds is 7. The van der Waals surface area contributed by atoms with E-state index < -0.39 is 11.9 Å². The Kier molecular flexibility index (Phi) is 6.82. The van der Waals surface area contributed by atoms with Crippen LogP contribution in [0.3, 0.4) is 0 Å². The zero-order chi connectivity index (χ0) is 15.1. The summed E-state index contributed by atoms with van der Waals surface area (Å²) in [5.74, 6) is -0.147. The van der Waals surface area contributed by atoms with Gasteiger partial charge in [-0.3, -0.25) is 4.79 Å². The number of hydrogen-bond donors (Lipinski definition) is 3. The second-order valence-electron chi connectivity index (χ2n) is 5.89. The molecule has 5 nitrogen and oxygen atoms in total. The molecule has 20 heavy (non-hydrogen) atoms. The fraction of sp³-hybridized carbons (Fsp3) is 0.867. The molecule has 0 aliphatic heterocycles. The Morgan fingerprint density at radius 3 is 2.50 bits per heavy atom. The molecule has 0 bridgehead atoms. The van der Waals surface area contributed by atoms with Crippen LogP contribution in [0, 0.1) is 17.8 Å². The van der Waals surface area contributed by atoms with Gasteiger partial charge in [0, 0.05) is 12.6 Å². The molecule has 1 aliphatic carbocycles. The van der Waals surface area contributed by atoms with Gasteiger partial charge < -0.3 is 15.7 Å². The number of urea groups is 1. The number of hydrogen-bond acceptors (Lipinski definition) is 2. The first kappa shape index (κ1) is 16.8. The zero-order valence-corrected chi connectivity index (χ0v) is 12.8. The van der Waals surface area contributed by atoms with Crippen molar-refractivity contribution in [2.45, 2.75) is 58.9 Å². The second kappa shape index (κ2) is 8.12. The highest BCUT2D eigenvalue weighted by molar-refractivity contribution is 5.76. The molecule has 0 aromatic heterocycles. The maximum Gasteiger partial charge on any atom is 0.315 e. The van der Waals surface area contributed by atoms with Gasteiger partial charge in [0.25, 0.3) is 0 Å². The summed E-state index contributed by atoms with van der Waals surface area (Å²) >= 11 is 0. The first-order valence-corrected chi connectivity index (χ1v) is 7.76. The van der Waals surface area contributed by atoms with Crippen molar-refractivity contribution < 1.29 is 14.7 Å². The minimum Gasteiger partial charge on any atom is -0.481 e. The van der Waals surface area contributed by atoms with Gasteiger partial charge >= 0.3 is 12.0 Å². The van der Waals surface area contributed by atoms with Crippen molar-refractivity contribution in [3.63, 3.8) is 0 Å². The van der Waals surface area contributed by atoms with E-state index in [0.29, 0.717) is 18.3 Å². The topological polar surface area (TPSA) is 78.4 Å². The Morgan fingerprint density at radius 2 is 2.00 bits per heavy atom. The lowest BCUT2D eigenvalue weighted by molar-refractivity contribution is -0.141. The summed E-state index contributed by atoms with van der Waals surface area (Å²) in [5.41, 5.74) is 0. The number of carboxylic acid groups (broad SMARTS) is 1. The first-order chi connectivity index (χ1) is 9.49. The maximum absolute atomic E-state index is 11.9. The van der Waals surface area contributed by atoms with Gasteiger partial charge in [0.15, 0.2) is 0 Å². The molecule has 0 saturated heterocycles. The van der Waals surface area contributed by atoms with Gasteiger partial charge in [0.05, 0.1) is 5.92 Å². The Bertz CT molecular complexity index is 333. The summed E-state index contributed by atoms with van der Waals surface area (Å²) in [4.78, 5) is 22.9. The summed E-state index contributed by atoms with van der Waals surface area (Å²) in [7, 11) is 0. The number of nitrogens with one attached hydrogen (secondary N) is 2. The van der Waals surface area contributed by atoms with Gasteiger partial charge in [0.2, 0.25) is 0 Å². The van der Waals surface area contributed by atoms with Crippen LogP contribution in [0.2, 0.25) is 0 Å². The maximum atomic E-state index is 11.9. The van der Waals surface area contributed by atoms with E-state index in [4.69, 9.17) is 5.11 Å². The smallest absolute Gasteiger partial charge is 0.315 e. The number of carboxylic acids is 1. The minimum atomic E-state index is -0.840. The molecule has 1 rings (SSSR count). The third-order valence-electron chi connectivity index (χ3n) is 4.56. The summed E-state index contributed by atoms with van der Waals surface area (Å²) in [6.07, 6.45) is 4.73. The Morgan fingerprint density at radius 1 is 1.30 bits per heavy atom. The lowest BCUT2D eigenvalue weighted by Crippen LogP contribution is -2.45. The van der Waals surface area contributed by atoms with E-state index in [1.807, 2.05) is 6.92 Å². The van der Waals surface area contributed by atoms with Crippen LogP contribution in [0.1, 0.15) is 52.9 Å². The van der Waals surface area contributed by atoms with Crippen molar-refractivity contribution in [3.8, 4) is 0 Å². The molecule has 0 radical (unpaired) electrons. The van der Waals surface area contributed by atoms with Crippen LogP contribution < -0.4 is 10.6 Å². The summed E-state index contributed by atoms with van der Waals surface area (Å²) in [5, 5.41) is 14.7. The molecular formula is C15H28N2O3. The van der Waals surface area contributed by atoms with E-state index in [1.54, 1.807) is 0 Å². The van der Waals surface area contributed by atoms with E-state index in [2.05, 4.69) is 24.5 Å². The molecule has 5 heteroatoms. The standard InChI is InChI=1S/C15H28N2O3/c1-4-6-12(14(18)19)9-16-15(20)17-13-8-7-11(5-2)10(13)3/h10-13H,4-9H2,1-3H3,(H,18,19)(H2,16,17,20). The molecule has 4 unspecified atom stereocenters. The molecule has 116 valence electrons. The van der Waals surface area contributed by atoms with Gasteiger partial charge in [-0.05, 0) is 31.1 Å². The van der Waals surface area contributed by atoms with Gasteiger partial charge in [0.1, 0.15) is 0 Å². The van der Waals surface area contributed by atoms with Crippen molar-refractivity contribution in [1.29, 1.82) is 0 Å². The second-order valence-corrected chi connectivity index (χ2v) is 5.89. The highest BCUT2D eigenvalue weighted by Gasteiger charge is 2.32. The average Bonchev–Trinajstić information content (AvgIpc) is 2.75. The summed E-state index contributed by atoms with van der Waals surface area (Å²) < 4.78 is 0. The number of amides is 2. The Hall–Kier alpha value is -1.26. The van der Waals surface area contributed by atoms with Crippen LogP contribution in [0.25, 0.3) is 0 Å². The third-order valence-corrected chi connectivity index (χ3v) is 4.56. The van der Waals surface area contributed by atoms with Crippen LogP contribution in [0.4, 0.5) is 4.79 Å². The van der Waals surface area contributed by atoms with E-state index in [0.717, 1.165) is 25.7 Å². The summed E-state index contributed by atoms with van der Waals surface area (Å²) in [6, 6.07) is -0.0182. The summed E-state index contributed by atoms with van der Waals surface area (Å²) in [6.45, 7) is 6.52. The monoisotopic (exact) mass is 284 g/mol.